The summed E-state index contributed by atoms with van der Waals surface area (Å²) in [4.78, 5) is 16.6. The molecule has 4 aromatic rings. The summed E-state index contributed by atoms with van der Waals surface area (Å²) in [7, 11) is 1.39. The largest absolute Gasteiger partial charge is 0.465 e. The van der Waals surface area contributed by atoms with Crippen molar-refractivity contribution < 1.29 is 9.53 Å². The van der Waals surface area contributed by atoms with E-state index in [4.69, 9.17) is 4.74 Å². The maximum Gasteiger partial charge on any atom is 0.337 e. The molecule has 4 rings (SSSR count). The summed E-state index contributed by atoms with van der Waals surface area (Å²) in [5, 5.41) is 10.3. The van der Waals surface area contributed by atoms with Gasteiger partial charge in [0, 0.05) is 35.4 Å². The fourth-order valence-electron chi connectivity index (χ4n) is 4.17. The number of nitrogens with zero attached hydrogens (tertiary/aromatic N) is 3. The lowest BCUT2D eigenvalue weighted by molar-refractivity contribution is 0.0601. The summed E-state index contributed by atoms with van der Waals surface area (Å²) in [5.74, 6) is -0.357. The Labute approximate surface area is 187 Å². The van der Waals surface area contributed by atoms with Crippen molar-refractivity contribution in [2.75, 3.05) is 7.11 Å². The van der Waals surface area contributed by atoms with Gasteiger partial charge in [0.2, 0.25) is 0 Å². The first-order chi connectivity index (χ1) is 15.6. The first-order valence-electron chi connectivity index (χ1n) is 10.7. The van der Waals surface area contributed by atoms with E-state index >= 15 is 0 Å². The highest BCUT2D eigenvalue weighted by molar-refractivity contribution is 5.98. The molecule has 0 bridgehead atoms. The molecular weight excluding hydrogens is 398 g/mol. The number of carbonyl (C=O) groups is 1. The molecule has 0 fully saturated rings. The van der Waals surface area contributed by atoms with Gasteiger partial charge in [-0.25, -0.2) is 4.79 Å². The van der Waals surface area contributed by atoms with Crippen LogP contribution in [0, 0.1) is 18.3 Å². The molecule has 0 N–H and O–H groups in total. The van der Waals surface area contributed by atoms with Crippen molar-refractivity contribution in [2.24, 2.45) is 0 Å². The van der Waals surface area contributed by atoms with Crippen molar-refractivity contribution in [1.29, 1.82) is 5.26 Å². The number of methoxy groups -OCH3 is 1. The second-order valence-corrected chi connectivity index (χ2v) is 7.84. The van der Waals surface area contributed by atoms with Crippen LogP contribution in [0.2, 0.25) is 0 Å². The lowest BCUT2D eigenvalue weighted by Gasteiger charge is -2.11. The van der Waals surface area contributed by atoms with E-state index in [9.17, 15) is 10.1 Å². The van der Waals surface area contributed by atoms with E-state index in [2.05, 4.69) is 46.8 Å². The van der Waals surface area contributed by atoms with Crippen LogP contribution in [0.25, 0.3) is 22.2 Å². The topological polar surface area (TPSA) is 67.9 Å². The van der Waals surface area contributed by atoms with Gasteiger partial charge in [-0.2, -0.15) is 5.26 Å². The molecule has 0 saturated heterocycles. The van der Waals surface area contributed by atoms with E-state index in [1.54, 1.807) is 12.3 Å². The van der Waals surface area contributed by atoms with Crippen LogP contribution in [0.3, 0.4) is 0 Å². The van der Waals surface area contributed by atoms with Gasteiger partial charge >= 0.3 is 5.97 Å². The first-order valence-corrected chi connectivity index (χ1v) is 10.7. The fourth-order valence-corrected chi connectivity index (χ4v) is 4.17. The zero-order valence-corrected chi connectivity index (χ0v) is 18.3. The van der Waals surface area contributed by atoms with Crippen molar-refractivity contribution in [1.82, 2.24) is 9.55 Å². The monoisotopic (exact) mass is 423 g/mol. The van der Waals surface area contributed by atoms with Gasteiger partial charge in [0.15, 0.2) is 0 Å². The highest BCUT2D eigenvalue weighted by atomic mass is 16.5. The SMILES string of the molecule is COC(=O)c1ccc2c(c1)c(CCc1ccc(C)cc1)c(-c1cccnc1)n2CCC#N. The zero-order valence-electron chi connectivity index (χ0n) is 18.3. The lowest BCUT2D eigenvalue weighted by Crippen LogP contribution is -2.02. The Morgan fingerprint density at radius 3 is 2.62 bits per heavy atom. The number of rotatable bonds is 7. The molecule has 0 aliphatic heterocycles. The molecule has 0 saturated carbocycles. The van der Waals surface area contributed by atoms with Crippen LogP contribution in [0.4, 0.5) is 0 Å². The smallest absolute Gasteiger partial charge is 0.337 e. The van der Waals surface area contributed by atoms with Gasteiger partial charge in [0.05, 0.1) is 30.9 Å². The molecule has 5 heteroatoms. The number of aryl methyl sites for hydroxylation is 4. The molecule has 2 heterocycles. The second kappa shape index (κ2) is 9.49. The first kappa shape index (κ1) is 21.3. The Hall–Kier alpha value is -3.91. The van der Waals surface area contributed by atoms with Crippen molar-refractivity contribution in [3.05, 3.63) is 89.2 Å². The van der Waals surface area contributed by atoms with Crippen molar-refractivity contribution in [2.45, 2.75) is 32.7 Å². The third-order valence-electron chi connectivity index (χ3n) is 5.76. The van der Waals surface area contributed by atoms with Gasteiger partial charge in [0.1, 0.15) is 0 Å². The lowest BCUT2D eigenvalue weighted by atomic mass is 9.98. The number of carbonyl (C=O) groups excluding carboxylic acids is 1. The Morgan fingerprint density at radius 2 is 1.94 bits per heavy atom. The number of hydrogen-bond acceptors (Lipinski definition) is 4. The molecule has 2 aromatic carbocycles. The maximum absolute atomic E-state index is 12.2. The van der Waals surface area contributed by atoms with E-state index < -0.39 is 0 Å². The minimum Gasteiger partial charge on any atom is -0.465 e. The molecule has 5 nitrogen and oxygen atoms in total. The third kappa shape index (κ3) is 4.26. The molecule has 0 atom stereocenters. The van der Waals surface area contributed by atoms with Gasteiger partial charge in [-0.15, -0.1) is 0 Å². The normalized spacial score (nSPS) is 10.8. The highest BCUT2D eigenvalue weighted by Gasteiger charge is 2.20. The fraction of sp³-hybridized carbons (Fsp3) is 0.222. The maximum atomic E-state index is 12.2. The predicted octanol–water partition coefficient (Wildman–Crippen LogP) is 5.50. The van der Waals surface area contributed by atoms with E-state index in [-0.39, 0.29) is 5.97 Å². The Bertz CT molecular complexity index is 1280. The predicted molar refractivity (Wildman–Crippen MR) is 125 cm³/mol. The molecule has 0 aliphatic carbocycles. The van der Waals surface area contributed by atoms with Crippen LogP contribution in [0.5, 0.6) is 0 Å². The summed E-state index contributed by atoms with van der Waals surface area (Å²) in [5.41, 5.74) is 7.22. The van der Waals surface area contributed by atoms with Gasteiger partial charge < -0.3 is 9.30 Å². The minimum absolute atomic E-state index is 0.357. The van der Waals surface area contributed by atoms with Gasteiger partial charge in [-0.05, 0) is 61.2 Å². The third-order valence-corrected chi connectivity index (χ3v) is 5.76. The number of ether oxygens (including phenoxy) is 1. The molecule has 0 spiro atoms. The summed E-state index contributed by atoms with van der Waals surface area (Å²) >= 11 is 0. The highest BCUT2D eigenvalue weighted by Crippen LogP contribution is 2.35. The van der Waals surface area contributed by atoms with E-state index in [0.29, 0.717) is 18.5 Å². The molecule has 0 unspecified atom stereocenters. The molecule has 0 amide bonds. The number of hydrogen-bond donors (Lipinski definition) is 0. The minimum atomic E-state index is -0.357. The van der Waals surface area contributed by atoms with Crippen molar-refractivity contribution in [3.8, 4) is 17.3 Å². The molecule has 0 aliphatic rings. The summed E-state index contributed by atoms with van der Waals surface area (Å²) in [6, 6.07) is 20.5. The quantitative estimate of drug-likeness (QED) is 0.368. The Morgan fingerprint density at radius 1 is 1.12 bits per heavy atom. The molecule has 0 radical (unpaired) electrons. The number of aromatic nitrogens is 2. The van der Waals surface area contributed by atoms with Gasteiger partial charge in [-0.1, -0.05) is 29.8 Å². The van der Waals surface area contributed by atoms with E-state index in [1.165, 1.54) is 18.2 Å². The number of benzene rings is 2. The van der Waals surface area contributed by atoms with Crippen LogP contribution in [0.15, 0.2) is 67.0 Å². The Balaban J connectivity index is 1.90. The van der Waals surface area contributed by atoms with Crippen LogP contribution in [-0.2, 0) is 24.1 Å². The average molecular weight is 424 g/mol. The standard InChI is InChI=1S/C27H25N3O2/c1-19-6-8-20(9-7-19)10-12-23-24-17-21(27(31)32-2)11-13-25(24)30(16-4-14-28)26(23)22-5-3-15-29-18-22/h3,5-9,11,13,15,17-18H,4,10,12,16H2,1-2H3. The van der Waals surface area contributed by atoms with Gasteiger partial charge in [0.25, 0.3) is 0 Å². The number of esters is 1. The van der Waals surface area contributed by atoms with Crippen LogP contribution in [-0.4, -0.2) is 22.6 Å². The molecule has 160 valence electrons. The van der Waals surface area contributed by atoms with Gasteiger partial charge in [-0.3, -0.25) is 4.98 Å². The van der Waals surface area contributed by atoms with Crippen molar-refractivity contribution in [3.63, 3.8) is 0 Å². The second-order valence-electron chi connectivity index (χ2n) is 7.84. The zero-order chi connectivity index (χ0) is 22.5. The summed E-state index contributed by atoms with van der Waals surface area (Å²) < 4.78 is 7.13. The molecule has 32 heavy (non-hydrogen) atoms. The van der Waals surface area contributed by atoms with E-state index in [0.717, 1.165) is 40.6 Å². The van der Waals surface area contributed by atoms with Crippen molar-refractivity contribution >= 4 is 16.9 Å². The average Bonchev–Trinajstić information content (AvgIpc) is 3.14. The van der Waals surface area contributed by atoms with Crippen LogP contribution >= 0.6 is 0 Å². The van der Waals surface area contributed by atoms with Crippen LogP contribution in [0.1, 0.15) is 33.5 Å². The van der Waals surface area contributed by atoms with Crippen LogP contribution < -0.4 is 0 Å². The number of pyridine rings is 1. The summed E-state index contributed by atoms with van der Waals surface area (Å²) in [6.07, 6.45) is 5.68. The number of fused-ring (bicyclic) bond motifs is 1. The molecular formula is C27H25N3O2. The van der Waals surface area contributed by atoms with E-state index in [1.807, 2.05) is 30.5 Å². The summed E-state index contributed by atoms with van der Waals surface area (Å²) in [6.45, 7) is 2.65. The Kier molecular flexibility index (Phi) is 6.32. The molecule has 2 aromatic heterocycles. The number of nitriles is 1.